The van der Waals surface area contributed by atoms with Crippen LogP contribution in [0.4, 0.5) is 5.13 Å². The molecule has 36 heavy (non-hydrogen) atoms. The van der Waals surface area contributed by atoms with Crippen LogP contribution < -0.4 is 10.3 Å². The molecular weight excluding hydrogens is 478 g/mol. The van der Waals surface area contributed by atoms with E-state index in [9.17, 15) is 14.4 Å². The first kappa shape index (κ1) is 23.9. The van der Waals surface area contributed by atoms with Crippen molar-refractivity contribution in [3.05, 3.63) is 85.2 Å². The highest BCUT2D eigenvalue weighted by atomic mass is 32.1. The van der Waals surface area contributed by atoms with Gasteiger partial charge >= 0.3 is 5.97 Å². The Morgan fingerprint density at radius 2 is 1.81 bits per heavy atom. The summed E-state index contributed by atoms with van der Waals surface area (Å²) < 4.78 is 10.9. The Morgan fingerprint density at radius 1 is 1.11 bits per heavy atom. The topological polar surface area (TPSA) is 103 Å². The Labute approximate surface area is 211 Å². The van der Waals surface area contributed by atoms with E-state index >= 15 is 0 Å². The summed E-state index contributed by atoms with van der Waals surface area (Å²) in [6, 6.07) is 9.46. The minimum Gasteiger partial charge on any atom is -0.465 e. The van der Waals surface area contributed by atoms with Crippen molar-refractivity contribution in [2.45, 2.75) is 40.2 Å². The predicted molar refractivity (Wildman–Crippen MR) is 137 cm³/mol. The smallest absolute Gasteiger partial charge is 0.337 e. The molecule has 1 amide bonds. The molecule has 0 unspecified atom stereocenters. The third-order valence-corrected chi connectivity index (χ3v) is 7.32. The van der Waals surface area contributed by atoms with Crippen LogP contribution in [0, 0.1) is 19.8 Å². The van der Waals surface area contributed by atoms with Gasteiger partial charge < -0.3 is 9.15 Å². The molecule has 184 valence electrons. The van der Waals surface area contributed by atoms with Crippen LogP contribution in [0.15, 0.2) is 45.6 Å². The highest BCUT2D eigenvalue weighted by Gasteiger charge is 2.45. The van der Waals surface area contributed by atoms with E-state index in [1.165, 1.54) is 23.3 Å². The minimum atomic E-state index is -0.777. The molecule has 8 nitrogen and oxygen atoms in total. The number of amides is 1. The van der Waals surface area contributed by atoms with Crippen LogP contribution in [0.3, 0.4) is 0 Å². The number of benzene rings is 2. The molecule has 1 aliphatic heterocycles. The lowest BCUT2D eigenvalue weighted by molar-refractivity contribution is 0.0600. The molecule has 0 spiro atoms. The average molecular weight is 504 g/mol. The van der Waals surface area contributed by atoms with Crippen molar-refractivity contribution in [1.29, 1.82) is 0 Å². The Morgan fingerprint density at radius 3 is 2.47 bits per heavy atom. The van der Waals surface area contributed by atoms with Gasteiger partial charge in [0.25, 0.3) is 5.91 Å². The van der Waals surface area contributed by atoms with Crippen LogP contribution in [0.1, 0.15) is 68.1 Å². The van der Waals surface area contributed by atoms with Crippen LogP contribution in [-0.2, 0) is 11.2 Å². The first-order valence-electron chi connectivity index (χ1n) is 11.6. The molecule has 2 aromatic heterocycles. The van der Waals surface area contributed by atoms with Crippen molar-refractivity contribution in [3.8, 4) is 0 Å². The predicted octanol–water partition coefficient (Wildman–Crippen LogP) is 5.00. The van der Waals surface area contributed by atoms with E-state index in [-0.39, 0.29) is 16.8 Å². The fraction of sp³-hybridized carbons (Fsp3) is 0.296. The van der Waals surface area contributed by atoms with Gasteiger partial charge in [0.05, 0.1) is 29.7 Å². The molecule has 5 rings (SSSR count). The summed E-state index contributed by atoms with van der Waals surface area (Å²) >= 11 is 1.32. The lowest BCUT2D eigenvalue weighted by atomic mass is 9.97. The molecule has 0 saturated heterocycles. The number of nitrogens with zero attached hydrogens (tertiary/aromatic N) is 3. The summed E-state index contributed by atoms with van der Waals surface area (Å²) in [6.45, 7) is 8.03. The molecule has 2 aromatic carbocycles. The van der Waals surface area contributed by atoms with Gasteiger partial charge in [-0.25, -0.2) is 4.79 Å². The van der Waals surface area contributed by atoms with Gasteiger partial charge in [-0.15, -0.1) is 10.2 Å². The standard InChI is InChI=1S/C27H25N3O5S/c1-13(2)10-20-28-29-27(36-20)30-22(16-6-8-17(9-7-16)26(33)34-5)21-23(31)18-11-14(3)15(4)12-19(18)35-24(21)25(30)32/h6-9,11-13,22H,10H2,1-5H3/t22-/m0/s1. The summed E-state index contributed by atoms with van der Waals surface area (Å²) in [5.41, 5.74) is 3.29. The van der Waals surface area contributed by atoms with Crippen LogP contribution in [0.25, 0.3) is 11.0 Å². The van der Waals surface area contributed by atoms with E-state index in [1.54, 1.807) is 36.4 Å². The van der Waals surface area contributed by atoms with Crippen molar-refractivity contribution in [1.82, 2.24) is 10.2 Å². The van der Waals surface area contributed by atoms with E-state index in [4.69, 9.17) is 9.15 Å². The number of anilines is 1. The molecule has 0 fully saturated rings. The van der Waals surface area contributed by atoms with E-state index in [2.05, 4.69) is 24.0 Å². The number of carbonyl (C=O) groups is 2. The van der Waals surface area contributed by atoms with Crippen molar-refractivity contribution in [2.75, 3.05) is 12.0 Å². The molecule has 1 aliphatic rings. The first-order valence-corrected chi connectivity index (χ1v) is 12.4. The monoisotopic (exact) mass is 503 g/mol. The Kier molecular flexibility index (Phi) is 5.96. The number of ether oxygens (including phenoxy) is 1. The number of rotatable bonds is 5. The van der Waals surface area contributed by atoms with Crippen LogP contribution in [0.5, 0.6) is 0 Å². The van der Waals surface area contributed by atoms with Gasteiger partial charge in [0.2, 0.25) is 10.9 Å². The van der Waals surface area contributed by atoms with Crippen LogP contribution in [-0.4, -0.2) is 29.2 Å². The molecule has 0 bridgehead atoms. The zero-order valence-corrected chi connectivity index (χ0v) is 21.4. The molecule has 0 saturated carbocycles. The molecular formula is C27H25N3O5S. The summed E-state index contributed by atoms with van der Waals surface area (Å²) in [5.74, 6) is -0.547. The third-order valence-electron chi connectivity index (χ3n) is 6.38. The quantitative estimate of drug-likeness (QED) is 0.353. The Balaban J connectivity index is 1.72. The molecule has 0 N–H and O–H groups in total. The van der Waals surface area contributed by atoms with E-state index in [0.717, 1.165) is 22.6 Å². The Hall–Kier alpha value is -3.85. The maximum absolute atomic E-state index is 13.8. The van der Waals surface area contributed by atoms with Gasteiger partial charge in [-0.3, -0.25) is 14.5 Å². The summed E-state index contributed by atoms with van der Waals surface area (Å²) in [7, 11) is 1.31. The number of methoxy groups -OCH3 is 1. The molecule has 9 heteroatoms. The maximum atomic E-state index is 13.8. The van der Waals surface area contributed by atoms with Crippen LogP contribution in [0.2, 0.25) is 0 Å². The lowest BCUT2D eigenvalue weighted by Crippen LogP contribution is -2.29. The summed E-state index contributed by atoms with van der Waals surface area (Å²) in [4.78, 5) is 41.0. The second-order valence-corrected chi connectivity index (χ2v) is 10.4. The third kappa shape index (κ3) is 3.89. The lowest BCUT2D eigenvalue weighted by Gasteiger charge is -2.22. The van der Waals surface area contributed by atoms with Gasteiger partial charge in [-0.1, -0.05) is 37.3 Å². The number of hydrogen-bond acceptors (Lipinski definition) is 8. The number of hydrogen-bond donors (Lipinski definition) is 0. The molecule has 3 heterocycles. The van der Waals surface area contributed by atoms with Gasteiger partial charge in [0.1, 0.15) is 10.6 Å². The van der Waals surface area contributed by atoms with Gasteiger partial charge in [-0.2, -0.15) is 0 Å². The number of aromatic nitrogens is 2. The van der Waals surface area contributed by atoms with E-state index in [1.807, 2.05) is 13.8 Å². The fourth-order valence-electron chi connectivity index (χ4n) is 4.43. The second-order valence-electron chi connectivity index (χ2n) is 9.37. The first-order chi connectivity index (χ1) is 17.2. The molecule has 1 atom stereocenters. The van der Waals surface area contributed by atoms with Crippen molar-refractivity contribution in [2.24, 2.45) is 5.92 Å². The maximum Gasteiger partial charge on any atom is 0.337 e. The van der Waals surface area contributed by atoms with Crippen LogP contribution >= 0.6 is 11.3 Å². The normalized spacial score (nSPS) is 15.1. The van der Waals surface area contributed by atoms with Crippen molar-refractivity contribution < 1.29 is 18.7 Å². The number of carbonyl (C=O) groups excluding carboxylic acids is 2. The zero-order chi connectivity index (χ0) is 25.7. The van der Waals surface area contributed by atoms with Crippen molar-refractivity contribution in [3.63, 3.8) is 0 Å². The second kappa shape index (κ2) is 8.98. The Bertz CT molecular complexity index is 1570. The highest BCUT2D eigenvalue weighted by molar-refractivity contribution is 7.15. The zero-order valence-electron chi connectivity index (χ0n) is 20.6. The average Bonchev–Trinajstić information content (AvgIpc) is 3.41. The van der Waals surface area contributed by atoms with Gasteiger partial charge in [0.15, 0.2) is 5.43 Å². The fourth-order valence-corrected chi connectivity index (χ4v) is 5.51. The van der Waals surface area contributed by atoms with Crippen molar-refractivity contribution >= 4 is 39.3 Å². The number of esters is 1. The molecule has 4 aromatic rings. The largest absolute Gasteiger partial charge is 0.465 e. The highest BCUT2D eigenvalue weighted by Crippen LogP contribution is 2.42. The molecule has 0 aliphatic carbocycles. The number of aryl methyl sites for hydroxylation is 2. The number of fused-ring (bicyclic) bond motifs is 2. The van der Waals surface area contributed by atoms with E-state index in [0.29, 0.717) is 33.1 Å². The van der Waals surface area contributed by atoms with Gasteiger partial charge in [-0.05, 0) is 60.7 Å². The summed E-state index contributed by atoms with van der Waals surface area (Å²) in [6.07, 6.45) is 0.727. The molecule has 0 radical (unpaired) electrons. The minimum absolute atomic E-state index is 0.00147. The van der Waals surface area contributed by atoms with Gasteiger partial charge in [0, 0.05) is 6.42 Å². The summed E-state index contributed by atoms with van der Waals surface area (Å²) in [5, 5.41) is 10.2. The van der Waals surface area contributed by atoms with E-state index < -0.39 is 17.9 Å². The SMILES string of the molecule is COC(=O)c1ccc([C@H]2c3c(oc4cc(C)c(C)cc4c3=O)C(=O)N2c2nnc(CC(C)C)s2)cc1.